The number of piperazine rings is 1. The number of hydrogen-bond donors (Lipinski definition) is 1. The first-order chi connectivity index (χ1) is 7.67. The topological polar surface area (TPSA) is 66.5 Å². The first-order valence-electron chi connectivity index (χ1n) is 5.93. The van der Waals surface area contributed by atoms with E-state index in [1.165, 1.54) is 0 Å². The summed E-state index contributed by atoms with van der Waals surface area (Å²) in [7, 11) is -3.07. The van der Waals surface area contributed by atoms with Gasteiger partial charge in [-0.2, -0.15) is 0 Å². The molecule has 1 aliphatic rings. The maximum absolute atomic E-state index is 12.0. The largest absolute Gasteiger partial charge is 0.339 e. The molecular formula is C11H22N2O3S. The summed E-state index contributed by atoms with van der Waals surface area (Å²) in [5, 5.41) is 2.74. The second-order valence-electron chi connectivity index (χ2n) is 5.26. The molecular weight excluding hydrogens is 240 g/mol. The van der Waals surface area contributed by atoms with Gasteiger partial charge in [-0.1, -0.05) is 0 Å². The summed E-state index contributed by atoms with van der Waals surface area (Å²) in [6.45, 7) is 8.55. The Balaban J connectivity index is 2.62. The number of carbonyl (C=O) groups is 1. The van der Waals surface area contributed by atoms with Crippen molar-refractivity contribution in [3.05, 3.63) is 0 Å². The van der Waals surface area contributed by atoms with Crippen LogP contribution in [0.1, 0.15) is 27.7 Å². The molecule has 1 heterocycles. The van der Waals surface area contributed by atoms with Crippen molar-refractivity contribution in [2.75, 3.05) is 25.4 Å². The zero-order valence-corrected chi connectivity index (χ0v) is 11.8. The number of rotatable bonds is 4. The molecule has 0 aliphatic carbocycles. The molecule has 0 atom stereocenters. The van der Waals surface area contributed by atoms with Crippen molar-refractivity contribution < 1.29 is 13.2 Å². The molecule has 0 aromatic heterocycles. The fourth-order valence-electron chi connectivity index (χ4n) is 1.76. The fourth-order valence-corrected chi connectivity index (χ4v) is 2.71. The van der Waals surface area contributed by atoms with Crippen molar-refractivity contribution in [2.45, 2.75) is 38.5 Å². The highest BCUT2D eigenvalue weighted by Crippen LogP contribution is 2.12. The quantitative estimate of drug-likeness (QED) is 0.775. The Morgan fingerprint density at radius 2 is 2.00 bits per heavy atom. The molecule has 0 saturated carbocycles. The van der Waals surface area contributed by atoms with Gasteiger partial charge < -0.3 is 10.2 Å². The van der Waals surface area contributed by atoms with Crippen LogP contribution < -0.4 is 5.32 Å². The lowest BCUT2D eigenvalue weighted by molar-refractivity contribution is -0.139. The lowest BCUT2D eigenvalue weighted by Gasteiger charge is -2.38. The van der Waals surface area contributed by atoms with E-state index in [9.17, 15) is 13.2 Å². The van der Waals surface area contributed by atoms with Crippen LogP contribution in [-0.4, -0.2) is 55.4 Å². The van der Waals surface area contributed by atoms with Gasteiger partial charge in [0.05, 0.1) is 16.5 Å². The molecule has 0 aromatic rings. The van der Waals surface area contributed by atoms with Crippen molar-refractivity contribution in [3.63, 3.8) is 0 Å². The van der Waals surface area contributed by atoms with Gasteiger partial charge in [-0.25, -0.2) is 8.42 Å². The van der Waals surface area contributed by atoms with Crippen LogP contribution in [0.2, 0.25) is 0 Å². The third-order valence-electron chi connectivity index (χ3n) is 3.13. The van der Waals surface area contributed by atoms with E-state index < -0.39 is 15.4 Å². The molecule has 0 spiro atoms. The van der Waals surface area contributed by atoms with Crippen molar-refractivity contribution >= 4 is 15.7 Å². The predicted octanol–water partition coefficient (Wildman–Crippen LogP) is 0.0200. The zero-order chi connectivity index (χ0) is 13.3. The summed E-state index contributed by atoms with van der Waals surface area (Å²) in [4.78, 5) is 13.6. The molecule has 1 fully saturated rings. The molecule has 1 saturated heterocycles. The molecule has 5 nitrogen and oxygen atoms in total. The molecule has 0 unspecified atom stereocenters. The van der Waals surface area contributed by atoms with Crippen LogP contribution in [0.5, 0.6) is 0 Å². The molecule has 6 heteroatoms. The first-order valence-corrected chi connectivity index (χ1v) is 7.64. The Kier molecular flexibility index (Phi) is 4.19. The van der Waals surface area contributed by atoms with E-state index in [1.54, 1.807) is 18.7 Å². The summed E-state index contributed by atoms with van der Waals surface area (Å²) in [6, 6.07) is 0. The average Bonchev–Trinajstić information content (AvgIpc) is 2.20. The van der Waals surface area contributed by atoms with Crippen LogP contribution in [-0.2, 0) is 14.6 Å². The Labute approximate surface area is 103 Å². The monoisotopic (exact) mass is 262 g/mol. The summed E-state index contributed by atoms with van der Waals surface area (Å²) in [5.41, 5.74) is -0.583. The maximum Gasteiger partial charge on any atom is 0.242 e. The second kappa shape index (κ2) is 4.94. The molecule has 1 amide bonds. The Morgan fingerprint density at radius 3 is 2.53 bits per heavy atom. The molecule has 1 rings (SSSR count). The highest BCUT2D eigenvalue weighted by atomic mass is 32.2. The standard InChI is InChI=1S/C11H22N2O3S/c1-9(2)17(15,16)8-7-13-6-5-12-11(3,4)10(13)14/h9,12H,5-8H2,1-4H3. The first kappa shape index (κ1) is 14.4. The van der Waals surface area contributed by atoms with Gasteiger partial charge in [-0.05, 0) is 27.7 Å². The van der Waals surface area contributed by atoms with Crippen LogP contribution in [0, 0.1) is 0 Å². The van der Waals surface area contributed by atoms with Gasteiger partial charge in [0.25, 0.3) is 0 Å². The summed E-state index contributed by atoms with van der Waals surface area (Å²) < 4.78 is 23.4. The predicted molar refractivity (Wildman–Crippen MR) is 67.6 cm³/mol. The van der Waals surface area contributed by atoms with Crippen molar-refractivity contribution in [1.82, 2.24) is 10.2 Å². The highest BCUT2D eigenvalue weighted by molar-refractivity contribution is 7.92. The van der Waals surface area contributed by atoms with Crippen LogP contribution >= 0.6 is 0 Å². The fraction of sp³-hybridized carbons (Fsp3) is 0.909. The van der Waals surface area contributed by atoms with Gasteiger partial charge >= 0.3 is 0 Å². The molecule has 100 valence electrons. The van der Waals surface area contributed by atoms with Crippen molar-refractivity contribution in [1.29, 1.82) is 0 Å². The van der Waals surface area contributed by atoms with E-state index in [-0.39, 0.29) is 16.9 Å². The lowest BCUT2D eigenvalue weighted by Crippen LogP contribution is -2.61. The average molecular weight is 262 g/mol. The number of nitrogens with one attached hydrogen (secondary N) is 1. The van der Waals surface area contributed by atoms with Crippen LogP contribution in [0.15, 0.2) is 0 Å². The Morgan fingerprint density at radius 1 is 1.41 bits per heavy atom. The number of carbonyl (C=O) groups excluding carboxylic acids is 1. The van der Waals surface area contributed by atoms with Crippen molar-refractivity contribution in [2.24, 2.45) is 0 Å². The zero-order valence-electron chi connectivity index (χ0n) is 11.0. The van der Waals surface area contributed by atoms with Crippen LogP contribution in [0.4, 0.5) is 0 Å². The summed E-state index contributed by atoms with van der Waals surface area (Å²) in [5.74, 6) is 0.0228. The molecule has 0 bridgehead atoms. The number of nitrogens with zero attached hydrogens (tertiary/aromatic N) is 1. The van der Waals surface area contributed by atoms with E-state index >= 15 is 0 Å². The highest BCUT2D eigenvalue weighted by Gasteiger charge is 2.35. The van der Waals surface area contributed by atoms with E-state index in [0.717, 1.165) is 0 Å². The lowest BCUT2D eigenvalue weighted by atomic mass is 10.0. The Bertz CT molecular complexity index is 388. The summed E-state index contributed by atoms with van der Waals surface area (Å²) >= 11 is 0. The SMILES string of the molecule is CC(C)S(=O)(=O)CCN1CCNC(C)(C)C1=O. The van der Waals surface area contributed by atoms with E-state index in [2.05, 4.69) is 5.32 Å². The van der Waals surface area contributed by atoms with Crippen LogP contribution in [0.3, 0.4) is 0 Å². The summed E-state index contributed by atoms with van der Waals surface area (Å²) in [6.07, 6.45) is 0. The smallest absolute Gasteiger partial charge is 0.242 e. The van der Waals surface area contributed by atoms with Crippen molar-refractivity contribution in [3.8, 4) is 0 Å². The molecule has 0 radical (unpaired) electrons. The van der Waals surface area contributed by atoms with Gasteiger partial charge in [-0.15, -0.1) is 0 Å². The van der Waals surface area contributed by atoms with Gasteiger partial charge in [0.15, 0.2) is 9.84 Å². The van der Waals surface area contributed by atoms with Gasteiger partial charge in [0, 0.05) is 19.6 Å². The van der Waals surface area contributed by atoms with E-state index in [0.29, 0.717) is 19.6 Å². The van der Waals surface area contributed by atoms with E-state index in [1.807, 2.05) is 13.8 Å². The van der Waals surface area contributed by atoms with Gasteiger partial charge in [-0.3, -0.25) is 4.79 Å². The van der Waals surface area contributed by atoms with Gasteiger partial charge in [0.2, 0.25) is 5.91 Å². The second-order valence-corrected chi connectivity index (χ2v) is 7.94. The minimum absolute atomic E-state index is 0.0253. The third kappa shape index (κ3) is 3.42. The van der Waals surface area contributed by atoms with Gasteiger partial charge in [0.1, 0.15) is 0 Å². The van der Waals surface area contributed by atoms with Crippen LogP contribution in [0.25, 0.3) is 0 Å². The minimum atomic E-state index is -3.07. The molecule has 0 aromatic carbocycles. The Hall–Kier alpha value is -0.620. The molecule has 1 N–H and O–H groups in total. The third-order valence-corrected chi connectivity index (χ3v) is 5.32. The van der Waals surface area contributed by atoms with E-state index in [4.69, 9.17) is 0 Å². The molecule has 1 aliphatic heterocycles. The number of hydrogen-bond acceptors (Lipinski definition) is 4. The normalized spacial score (nSPS) is 21.0. The minimum Gasteiger partial charge on any atom is -0.339 e. The number of sulfone groups is 1. The maximum atomic E-state index is 12.0. The number of amides is 1. The molecule has 17 heavy (non-hydrogen) atoms.